The van der Waals surface area contributed by atoms with Crippen LogP contribution in [-0.4, -0.2) is 54.8 Å². The molecule has 0 aliphatic heterocycles. The fraction of sp³-hybridized carbons (Fsp3) is 0.978. The molecule has 6 heteroatoms. The molecular weight excluding hydrogens is 634 g/mol. The molecule has 0 heterocycles. The van der Waals surface area contributed by atoms with E-state index >= 15 is 0 Å². The molecule has 1 atom stereocenters. The largest absolute Gasteiger partial charge is 0.392 e. The van der Waals surface area contributed by atoms with E-state index in [4.69, 9.17) is 14.3 Å². The van der Waals surface area contributed by atoms with Crippen LogP contribution in [0.2, 0.25) is 0 Å². The van der Waals surface area contributed by atoms with E-state index in [-0.39, 0.29) is 12.3 Å². The summed E-state index contributed by atoms with van der Waals surface area (Å²) in [5, 5.41) is 12.6. The van der Waals surface area contributed by atoms with Gasteiger partial charge in [-0.25, -0.2) is 0 Å². The SMILES string of the molecule is CCCCCCCCCCCC(O)CN(CCCCCCCC(OCCCCCCCC)OCCCCCCCC)OC(=O)CCCCCCC. The molecule has 51 heavy (non-hydrogen) atoms. The van der Waals surface area contributed by atoms with Gasteiger partial charge in [0.25, 0.3) is 0 Å². The molecule has 0 saturated heterocycles. The normalized spacial score (nSPS) is 12.4. The Morgan fingerprint density at radius 2 is 0.843 bits per heavy atom. The number of unbranched alkanes of at least 4 members (excludes halogenated alkanes) is 26. The Hall–Kier alpha value is -0.690. The number of ether oxygens (including phenoxy) is 2. The first-order valence-corrected chi connectivity index (χ1v) is 22.9. The van der Waals surface area contributed by atoms with Crippen molar-refractivity contribution in [3.05, 3.63) is 0 Å². The third-order valence-corrected chi connectivity index (χ3v) is 10.2. The van der Waals surface area contributed by atoms with Gasteiger partial charge in [-0.15, -0.1) is 5.06 Å². The Balaban J connectivity index is 4.52. The van der Waals surface area contributed by atoms with E-state index in [1.807, 2.05) is 0 Å². The van der Waals surface area contributed by atoms with Crippen LogP contribution < -0.4 is 0 Å². The van der Waals surface area contributed by atoms with Crippen LogP contribution in [0.5, 0.6) is 0 Å². The number of hydrogen-bond donors (Lipinski definition) is 1. The Labute approximate surface area is 319 Å². The summed E-state index contributed by atoms with van der Waals surface area (Å²) in [6, 6.07) is 0. The predicted octanol–water partition coefficient (Wildman–Crippen LogP) is 13.8. The molecule has 0 aromatic carbocycles. The molecule has 0 aliphatic carbocycles. The van der Waals surface area contributed by atoms with Crippen LogP contribution in [-0.2, 0) is 19.1 Å². The molecule has 0 aromatic rings. The van der Waals surface area contributed by atoms with Crippen LogP contribution in [0.25, 0.3) is 0 Å². The molecule has 0 amide bonds. The van der Waals surface area contributed by atoms with Crippen molar-refractivity contribution in [1.29, 1.82) is 0 Å². The average Bonchev–Trinajstić information content (AvgIpc) is 3.12. The van der Waals surface area contributed by atoms with E-state index in [2.05, 4.69) is 27.7 Å². The van der Waals surface area contributed by atoms with Gasteiger partial charge in [0.2, 0.25) is 0 Å². The maximum absolute atomic E-state index is 12.7. The molecule has 0 aromatic heterocycles. The number of carbonyl (C=O) groups excluding carboxylic acids is 1. The number of carbonyl (C=O) groups is 1. The maximum Gasteiger partial charge on any atom is 0.325 e. The zero-order valence-electron chi connectivity index (χ0n) is 35.1. The highest BCUT2D eigenvalue weighted by atomic mass is 16.7. The summed E-state index contributed by atoms with van der Waals surface area (Å²) in [6.07, 6.45) is 39.7. The van der Waals surface area contributed by atoms with Gasteiger partial charge >= 0.3 is 5.97 Å². The second kappa shape index (κ2) is 42.1. The van der Waals surface area contributed by atoms with Crippen molar-refractivity contribution in [2.75, 3.05) is 26.3 Å². The van der Waals surface area contributed by atoms with Gasteiger partial charge in [-0.3, -0.25) is 4.79 Å². The number of hydrogen-bond acceptors (Lipinski definition) is 6. The van der Waals surface area contributed by atoms with Crippen molar-refractivity contribution in [3.63, 3.8) is 0 Å². The predicted molar refractivity (Wildman–Crippen MR) is 219 cm³/mol. The molecule has 0 radical (unpaired) electrons. The first kappa shape index (κ1) is 50.3. The second-order valence-electron chi connectivity index (χ2n) is 15.5. The summed E-state index contributed by atoms with van der Waals surface area (Å²) in [5.74, 6) is -0.144. The minimum absolute atomic E-state index is 0.0690. The number of aliphatic hydroxyl groups excluding tert-OH is 1. The van der Waals surface area contributed by atoms with Crippen LogP contribution in [0.3, 0.4) is 0 Å². The Kier molecular flexibility index (Phi) is 41.5. The van der Waals surface area contributed by atoms with Gasteiger partial charge in [0, 0.05) is 26.2 Å². The zero-order valence-corrected chi connectivity index (χ0v) is 35.1. The standard InChI is InChI=1S/C45H91NO5/c1-5-9-13-17-20-21-22-25-30-36-43(47)42-46(51-44(48)37-31-24-16-12-8-4)39-33-27-23-26-32-38-45(49-40-34-28-18-14-10-6-2)50-41-35-29-19-15-11-7-3/h43,45,47H,5-42H2,1-4H3. The summed E-state index contributed by atoms with van der Waals surface area (Å²) >= 11 is 0. The van der Waals surface area contributed by atoms with Gasteiger partial charge in [-0.2, -0.15) is 0 Å². The van der Waals surface area contributed by atoms with Crippen LogP contribution in [0.15, 0.2) is 0 Å². The van der Waals surface area contributed by atoms with Gasteiger partial charge in [0.05, 0.1) is 12.6 Å². The van der Waals surface area contributed by atoms with E-state index in [9.17, 15) is 9.90 Å². The molecule has 0 fully saturated rings. The Morgan fingerprint density at radius 3 is 1.31 bits per heavy atom. The average molecular weight is 726 g/mol. The zero-order chi connectivity index (χ0) is 37.3. The summed E-state index contributed by atoms with van der Waals surface area (Å²) in [4.78, 5) is 18.5. The van der Waals surface area contributed by atoms with E-state index in [1.165, 1.54) is 135 Å². The lowest BCUT2D eigenvalue weighted by Gasteiger charge is -2.24. The number of hydroxylamine groups is 2. The van der Waals surface area contributed by atoms with Crippen LogP contribution in [0, 0.1) is 0 Å². The Bertz CT molecular complexity index is 659. The third kappa shape index (κ3) is 38.8. The lowest BCUT2D eigenvalue weighted by molar-refractivity contribution is -0.196. The lowest BCUT2D eigenvalue weighted by atomic mass is 10.0. The van der Waals surface area contributed by atoms with Crippen molar-refractivity contribution < 1.29 is 24.2 Å². The van der Waals surface area contributed by atoms with Crippen LogP contribution in [0.4, 0.5) is 0 Å². The quantitative estimate of drug-likeness (QED) is 0.0383. The molecule has 306 valence electrons. The van der Waals surface area contributed by atoms with Crippen LogP contribution in [0.1, 0.15) is 246 Å². The molecule has 6 nitrogen and oxygen atoms in total. The molecular formula is C45H91NO5. The fourth-order valence-electron chi connectivity index (χ4n) is 6.79. The van der Waals surface area contributed by atoms with E-state index in [0.717, 1.165) is 90.3 Å². The number of aliphatic hydroxyl groups is 1. The summed E-state index contributed by atoms with van der Waals surface area (Å²) in [6.45, 7) is 11.8. The highest BCUT2D eigenvalue weighted by Crippen LogP contribution is 2.16. The molecule has 0 aliphatic rings. The smallest absolute Gasteiger partial charge is 0.325 e. The lowest BCUT2D eigenvalue weighted by Crippen LogP contribution is -2.35. The molecule has 0 rings (SSSR count). The van der Waals surface area contributed by atoms with E-state index < -0.39 is 6.10 Å². The van der Waals surface area contributed by atoms with Crippen molar-refractivity contribution in [2.45, 2.75) is 258 Å². The molecule has 1 N–H and O–H groups in total. The van der Waals surface area contributed by atoms with Crippen LogP contribution >= 0.6 is 0 Å². The summed E-state index contributed by atoms with van der Waals surface area (Å²) < 4.78 is 12.5. The Morgan fingerprint density at radius 1 is 0.471 bits per heavy atom. The van der Waals surface area contributed by atoms with E-state index in [1.54, 1.807) is 5.06 Å². The third-order valence-electron chi connectivity index (χ3n) is 10.2. The van der Waals surface area contributed by atoms with Crippen molar-refractivity contribution in [3.8, 4) is 0 Å². The number of rotatable bonds is 43. The highest BCUT2D eigenvalue weighted by Gasteiger charge is 2.17. The minimum atomic E-state index is -0.448. The van der Waals surface area contributed by atoms with Gasteiger partial charge in [-0.1, -0.05) is 195 Å². The highest BCUT2D eigenvalue weighted by molar-refractivity contribution is 5.68. The van der Waals surface area contributed by atoms with Crippen molar-refractivity contribution in [1.82, 2.24) is 5.06 Å². The topological polar surface area (TPSA) is 68.2 Å². The van der Waals surface area contributed by atoms with Crippen molar-refractivity contribution in [2.24, 2.45) is 0 Å². The molecule has 1 unspecified atom stereocenters. The first-order valence-electron chi connectivity index (χ1n) is 22.9. The van der Waals surface area contributed by atoms with Gasteiger partial charge < -0.3 is 19.4 Å². The maximum atomic E-state index is 12.7. The van der Waals surface area contributed by atoms with Crippen molar-refractivity contribution >= 4 is 5.97 Å². The number of nitrogens with zero attached hydrogens (tertiary/aromatic N) is 1. The molecule has 0 bridgehead atoms. The van der Waals surface area contributed by atoms with Gasteiger partial charge in [0.1, 0.15) is 0 Å². The molecule has 0 saturated carbocycles. The van der Waals surface area contributed by atoms with Gasteiger partial charge in [0.15, 0.2) is 6.29 Å². The summed E-state index contributed by atoms with van der Waals surface area (Å²) in [7, 11) is 0. The molecule has 0 spiro atoms. The van der Waals surface area contributed by atoms with Gasteiger partial charge in [-0.05, 0) is 44.9 Å². The minimum Gasteiger partial charge on any atom is -0.392 e. The van der Waals surface area contributed by atoms with E-state index in [0.29, 0.717) is 19.5 Å². The monoisotopic (exact) mass is 726 g/mol. The second-order valence-corrected chi connectivity index (χ2v) is 15.5. The first-order chi connectivity index (χ1) is 25.1. The summed E-state index contributed by atoms with van der Waals surface area (Å²) in [5.41, 5.74) is 0. The fourth-order valence-corrected chi connectivity index (χ4v) is 6.79.